The third kappa shape index (κ3) is 3.63. The Morgan fingerprint density at radius 3 is 2.47 bits per heavy atom. The van der Waals surface area contributed by atoms with Gasteiger partial charge in [0.1, 0.15) is 18.4 Å². The van der Waals surface area contributed by atoms with Crippen LogP contribution in [0.4, 0.5) is 4.39 Å². The van der Waals surface area contributed by atoms with E-state index in [1.54, 1.807) is 9.80 Å². The van der Waals surface area contributed by atoms with Crippen LogP contribution < -0.4 is 5.73 Å². The number of rotatable bonds is 5. The van der Waals surface area contributed by atoms with Crippen LogP contribution in [0.3, 0.4) is 0 Å². The highest BCUT2D eigenvalue weighted by Crippen LogP contribution is 2.49. The average molecular weight is 413 g/mol. The molecule has 0 aromatic heterocycles. The molecule has 158 valence electrons. The zero-order valence-corrected chi connectivity index (χ0v) is 16.5. The van der Waals surface area contributed by atoms with E-state index in [1.165, 1.54) is 29.2 Å². The highest BCUT2D eigenvalue weighted by atomic mass is 19.1. The molecule has 3 amide bonds. The smallest absolute Gasteiger partial charge is 0.253 e. The van der Waals surface area contributed by atoms with Crippen molar-refractivity contribution >= 4 is 17.7 Å². The number of nitrogens with two attached hydrogens (primary N) is 1. The molecule has 3 aliphatic rings. The fraction of sp³-hybridized carbons (Fsp3) is 0.524. The maximum Gasteiger partial charge on any atom is 0.253 e. The lowest BCUT2D eigenvalue weighted by Gasteiger charge is -2.29. The molecular weight excluding hydrogens is 389 g/mol. The fourth-order valence-corrected chi connectivity index (χ4v) is 4.81. The molecule has 2 unspecified atom stereocenters. The summed E-state index contributed by atoms with van der Waals surface area (Å²) in [6.45, 7) is 1.22. The SMILES string of the molecule is N#C[C@@H]1CCCN1C(=O)CN(C(=O)CN)C1C2CN(C(=O)c3ccc(F)cc3)CC21. The third-order valence-corrected chi connectivity index (χ3v) is 6.41. The van der Waals surface area contributed by atoms with Gasteiger partial charge in [-0.25, -0.2) is 4.39 Å². The number of halogens is 1. The molecule has 2 N–H and O–H groups in total. The number of amides is 3. The Morgan fingerprint density at radius 1 is 1.20 bits per heavy atom. The molecule has 1 saturated carbocycles. The van der Waals surface area contributed by atoms with Crippen LogP contribution in [0.15, 0.2) is 24.3 Å². The summed E-state index contributed by atoms with van der Waals surface area (Å²) in [5.41, 5.74) is 6.00. The highest BCUT2D eigenvalue weighted by Gasteiger charge is 2.60. The predicted octanol–water partition coefficient (Wildman–Crippen LogP) is 0.198. The fourth-order valence-electron chi connectivity index (χ4n) is 4.81. The Morgan fingerprint density at radius 2 is 1.87 bits per heavy atom. The first-order valence-corrected chi connectivity index (χ1v) is 10.2. The standard InChI is InChI=1S/C21H24FN5O3/c22-14-5-3-13(4-6-14)21(30)25-10-16-17(11-25)20(16)27(18(28)9-24)12-19(29)26-7-1-2-15(26)8-23/h3-6,15-17,20H,1-2,7,9-12,24H2/t15-,16?,17?,20?/m0/s1. The zero-order valence-electron chi connectivity index (χ0n) is 16.5. The number of nitrogens with zero attached hydrogens (tertiary/aromatic N) is 4. The Bertz CT molecular complexity index is 887. The van der Waals surface area contributed by atoms with E-state index in [4.69, 9.17) is 5.73 Å². The molecule has 30 heavy (non-hydrogen) atoms. The van der Waals surface area contributed by atoms with Crippen LogP contribution in [0.5, 0.6) is 0 Å². The number of likely N-dealkylation sites (tertiary alicyclic amines) is 2. The van der Waals surface area contributed by atoms with Crippen molar-refractivity contribution in [3.63, 3.8) is 0 Å². The minimum absolute atomic E-state index is 0.0855. The lowest BCUT2D eigenvalue weighted by Crippen LogP contribution is -2.49. The minimum Gasteiger partial charge on any atom is -0.338 e. The van der Waals surface area contributed by atoms with Crippen LogP contribution in [-0.2, 0) is 9.59 Å². The van der Waals surface area contributed by atoms with Crippen molar-refractivity contribution in [1.29, 1.82) is 5.26 Å². The number of carbonyl (C=O) groups is 3. The number of hydrogen-bond acceptors (Lipinski definition) is 5. The molecule has 1 aromatic rings. The molecule has 3 atom stereocenters. The van der Waals surface area contributed by atoms with Gasteiger partial charge in [0, 0.05) is 43.1 Å². The summed E-state index contributed by atoms with van der Waals surface area (Å²) in [6, 6.07) is 7.03. The average Bonchev–Trinajstić information content (AvgIpc) is 3.13. The van der Waals surface area contributed by atoms with Gasteiger partial charge in [-0.2, -0.15) is 5.26 Å². The Hall–Kier alpha value is -2.99. The van der Waals surface area contributed by atoms with Gasteiger partial charge in [0.2, 0.25) is 11.8 Å². The van der Waals surface area contributed by atoms with E-state index >= 15 is 0 Å². The van der Waals surface area contributed by atoms with Gasteiger partial charge in [0.25, 0.3) is 5.91 Å². The number of fused-ring (bicyclic) bond motifs is 1. The molecule has 1 aliphatic carbocycles. The summed E-state index contributed by atoms with van der Waals surface area (Å²) in [5, 5.41) is 9.22. The Kier molecular flexibility index (Phi) is 5.43. The van der Waals surface area contributed by atoms with Crippen LogP contribution in [0.25, 0.3) is 0 Å². The molecule has 4 rings (SSSR count). The molecule has 0 spiro atoms. The van der Waals surface area contributed by atoms with E-state index in [9.17, 15) is 24.0 Å². The van der Waals surface area contributed by atoms with Gasteiger partial charge in [0.15, 0.2) is 0 Å². The number of nitriles is 1. The van der Waals surface area contributed by atoms with E-state index in [-0.39, 0.29) is 48.7 Å². The van der Waals surface area contributed by atoms with Crippen molar-refractivity contribution < 1.29 is 18.8 Å². The van der Waals surface area contributed by atoms with Crippen molar-refractivity contribution in [2.75, 3.05) is 32.7 Å². The number of piperidine rings is 1. The molecule has 2 saturated heterocycles. The van der Waals surface area contributed by atoms with Crippen molar-refractivity contribution in [2.45, 2.75) is 24.9 Å². The van der Waals surface area contributed by atoms with Gasteiger partial charge in [-0.1, -0.05) is 0 Å². The van der Waals surface area contributed by atoms with Crippen LogP contribution in [0.2, 0.25) is 0 Å². The monoisotopic (exact) mass is 413 g/mol. The molecule has 2 heterocycles. The summed E-state index contributed by atoms with van der Waals surface area (Å²) in [7, 11) is 0. The van der Waals surface area contributed by atoms with Gasteiger partial charge in [0.05, 0.1) is 12.6 Å². The largest absolute Gasteiger partial charge is 0.338 e. The zero-order chi connectivity index (χ0) is 21.4. The summed E-state index contributed by atoms with van der Waals surface area (Å²) in [5.74, 6) is -0.890. The first kappa shape index (κ1) is 20.3. The molecule has 9 heteroatoms. The molecule has 2 aliphatic heterocycles. The van der Waals surface area contributed by atoms with Gasteiger partial charge in [-0.05, 0) is 37.1 Å². The topological polar surface area (TPSA) is 111 Å². The van der Waals surface area contributed by atoms with Crippen LogP contribution in [-0.4, -0.2) is 77.2 Å². The normalized spacial score (nSPS) is 26.8. The molecule has 3 fully saturated rings. The van der Waals surface area contributed by atoms with Crippen LogP contribution in [0, 0.1) is 29.0 Å². The summed E-state index contributed by atoms with van der Waals surface area (Å²) in [6.07, 6.45) is 1.44. The van der Waals surface area contributed by atoms with E-state index in [0.29, 0.717) is 31.6 Å². The molecule has 8 nitrogen and oxygen atoms in total. The number of hydrogen-bond donors (Lipinski definition) is 1. The van der Waals surface area contributed by atoms with Gasteiger partial charge >= 0.3 is 0 Å². The van der Waals surface area contributed by atoms with E-state index in [1.807, 2.05) is 0 Å². The summed E-state index contributed by atoms with van der Waals surface area (Å²) in [4.78, 5) is 42.6. The van der Waals surface area contributed by atoms with Gasteiger partial charge in [-0.3, -0.25) is 14.4 Å². The first-order chi connectivity index (χ1) is 14.4. The van der Waals surface area contributed by atoms with Crippen molar-refractivity contribution in [2.24, 2.45) is 17.6 Å². The molecule has 0 bridgehead atoms. The van der Waals surface area contributed by atoms with Crippen LogP contribution >= 0.6 is 0 Å². The lowest BCUT2D eigenvalue weighted by molar-refractivity contribution is -0.140. The number of carbonyl (C=O) groups excluding carboxylic acids is 3. The maximum atomic E-state index is 13.1. The number of benzene rings is 1. The second-order valence-electron chi connectivity index (χ2n) is 8.14. The van der Waals surface area contributed by atoms with Crippen LogP contribution in [0.1, 0.15) is 23.2 Å². The Balaban J connectivity index is 1.39. The van der Waals surface area contributed by atoms with Crippen molar-refractivity contribution in [3.8, 4) is 6.07 Å². The second kappa shape index (κ2) is 8.03. The van der Waals surface area contributed by atoms with E-state index in [0.717, 1.165) is 6.42 Å². The molecule has 0 radical (unpaired) electrons. The molecular formula is C21H24FN5O3. The minimum atomic E-state index is -0.435. The van der Waals surface area contributed by atoms with Gasteiger partial charge < -0.3 is 20.4 Å². The quantitative estimate of drug-likeness (QED) is 0.741. The van der Waals surface area contributed by atoms with Crippen molar-refractivity contribution in [3.05, 3.63) is 35.6 Å². The van der Waals surface area contributed by atoms with Crippen molar-refractivity contribution in [1.82, 2.24) is 14.7 Å². The van der Waals surface area contributed by atoms with E-state index in [2.05, 4.69) is 6.07 Å². The molecule has 1 aromatic carbocycles. The highest BCUT2D eigenvalue weighted by molar-refractivity contribution is 5.94. The maximum absolute atomic E-state index is 13.1. The summed E-state index contributed by atoms with van der Waals surface area (Å²) < 4.78 is 13.1. The summed E-state index contributed by atoms with van der Waals surface area (Å²) >= 11 is 0. The first-order valence-electron chi connectivity index (χ1n) is 10.2. The lowest BCUT2D eigenvalue weighted by atomic mass is 10.2. The predicted molar refractivity (Wildman–Crippen MR) is 104 cm³/mol. The van der Waals surface area contributed by atoms with Gasteiger partial charge in [-0.15, -0.1) is 0 Å². The Labute approximate surface area is 174 Å². The third-order valence-electron chi connectivity index (χ3n) is 6.41. The second-order valence-corrected chi connectivity index (χ2v) is 8.14. The van der Waals surface area contributed by atoms with E-state index < -0.39 is 11.9 Å².